The zero-order chi connectivity index (χ0) is 14.7. The monoisotopic (exact) mass is 288 g/mol. The molecule has 0 aromatic carbocycles. The van der Waals surface area contributed by atoms with Crippen molar-refractivity contribution in [3.63, 3.8) is 0 Å². The molecule has 4 fully saturated rings. The Balaban J connectivity index is 1.70. The molecular formula is C19H32N2. The number of allylic oxidation sites excluding steroid dienone is 1. The van der Waals surface area contributed by atoms with Gasteiger partial charge in [-0.1, -0.05) is 25.5 Å². The first-order valence-electron chi connectivity index (χ1n) is 9.11. The Morgan fingerprint density at radius 1 is 1.10 bits per heavy atom. The zero-order valence-corrected chi connectivity index (χ0v) is 13.9. The van der Waals surface area contributed by atoms with Crippen molar-refractivity contribution in [1.82, 2.24) is 5.43 Å². The largest absolute Gasteiger partial charge is 0.271 e. The highest BCUT2D eigenvalue weighted by Crippen LogP contribution is 2.70. The van der Waals surface area contributed by atoms with Gasteiger partial charge in [0.05, 0.1) is 0 Å². The fraction of sp³-hybridized carbons (Fsp3) is 0.895. The van der Waals surface area contributed by atoms with Crippen molar-refractivity contribution in [2.45, 2.75) is 84.1 Å². The Bertz CT molecular complexity index is 448. The SMILES string of the molecule is CC12CC3CC(C)(C1)CC(C(NN)C1=CCCCC1)(C3)C2. The molecule has 0 heterocycles. The van der Waals surface area contributed by atoms with Gasteiger partial charge in [0.15, 0.2) is 0 Å². The van der Waals surface area contributed by atoms with Crippen LogP contribution in [-0.4, -0.2) is 6.04 Å². The second kappa shape index (κ2) is 4.58. The summed E-state index contributed by atoms with van der Waals surface area (Å²) in [4.78, 5) is 0. The van der Waals surface area contributed by atoms with E-state index in [1.165, 1.54) is 64.2 Å². The number of hydrogen-bond donors (Lipinski definition) is 2. The van der Waals surface area contributed by atoms with Crippen molar-refractivity contribution in [2.24, 2.45) is 28.0 Å². The van der Waals surface area contributed by atoms with E-state index in [0.717, 1.165) is 5.92 Å². The first-order valence-corrected chi connectivity index (χ1v) is 9.11. The fourth-order valence-corrected chi connectivity index (χ4v) is 7.66. The lowest BCUT2D eigenvalue weighted by Gasteiger charge is -2.67. The van der Waals surface area contributed by atoms with Gasteiger partial charge in [-0.25, -0.2) is 0 Å². The summed E-state index contributed by atoms with van der Waals surface area (Å²) >= 11 is 0. The van der Waals surface area contributed by atoms with Gasteiger partial charge in [-0.3, -0.25) is 11.3 Å². The summed E-state index contributed by atoms with van der Waals surface area (Å²) in [7, 11) is 0. The highest BCUT2D eigenvalue weighted by Gasteiger charge is 2.62. The summed E-state index contributed by atoms with van der Waals surface area (Å²) in [6, 6.07) is 0.444. The molecule has 0 amide bonds. The molecule has 0 spiro atoms. The molecule has 2 nitrogen and oxygen atoms in total. The van der Waals surface area contributed by atoms with Gasteiger partial charge in [-0.15, -0.1) is 0 Å². The van der Waals surface area contributed by atoms with Crippen LogP contribution in [0.15, 0.2) is 11.6 Å². The molecular weight excluding hydrogens is 256 g/mol. The predicted molar refractivity (Wildman–Crippen MR) is 87.5 cm³/mol. The highest BCUT2D eigenvalue weighted by atomic mass is 15.2. The summed E-state index contributed by atoms with van der Waals surface area (Å²) in [5.41, 5.74) is 6.54. The van der Waals surface area contributed by atoms with Gasteiger partial charge in [0, 0.05) is 6.04 Å². The van der Waals surface area contributed by atoms with Crippen LogP contribution < -0.4 is 11.3 Å². The van der Waals surface area contributed by atoms with Gasteiger partial charge in [0.1, 0.15) is 0 Å². The number of nitrogens with two attached hydrogens (primary N) is 1. The average molecular weight is 288 g/mol. The third-order valence-corrected chi connectivity index (χ3v) is 7.15. The number of hydrazine groups is 1. The molecule has 0 aromatic rings. The predicted octanol–water partition coefficient (Wildman–Crippen LogP) is 4.32. The van der Waals surface area contributed by atoms with E-state index in [4.69, 9.17) is 5.84 Å². The summed E-state index contributed by atoms with van der Waals surface area (Å²) in [5, 5.41) is 0. The van der Waals surface area contributed by atoms with Gasteiger partial charge >= 0.3 is 0 Å². The third-order valence-electron chi connectivity index (χ3n) is 7.15. The van der Waals surface area contributed by atoms with Crippen molar-refractivity contribution < 1.29 is 0 Å². The van der Waals surface area contributed by atoms with Crippen molar-refractivity contribution in [3.8, 4) is 0 Å². The van der Waals surface area contributed by atoms with E-state index in [1.54, 1.807) is 5.57 Å². The van der Waals surface area contributed by atoms with Crippen LogP contribution in [-0.2, 0) is 0 Å². The van der Waals surface area contributed by atoms with E-state index in [2.05, 4.69) is 25.3 Å². The second-order valence-electron chi connectivity index (χ2n) is 9.62. The van der Waals surface area contributed by atoms with Gasteiger partial charge in [-0.05, 0) is 86.4 Å². The molecule has 0 saturated heterocycles. The lowest BCUT2D eigenvalue weighted by Crippen LogP contribution is -2.62. The molecule has 5 aliphatic rings. The van der Waals surface area contributed by atoms with Gasteiger partial charge in [0.2, 0.25) is 0 Å². The molecule has 4 saturated carbocycles. The highest BCUT2D eigenvalue weighted by molar-refractivity contribution is 5.23. The second-order valence-corrected chi connectivity index (χ2v) is 9.62. The molecule has 5 aliphatic carbocycles. The Hall–Kier alpha value is -0.340. The standard InChI is InChI=1S/C19H32N2/c1-17-8-14-9-18(2,11-17)13-19(10-14,12-17)16(21-20)15-6-4-3-5-7-15/h6,14,16,21H,3-5,7-13,20H2,1-2H3. The third kappa shape index (κ3) is 2.21. The summed E-state index contributed by atoms with van der Waals surface area (Å²) in [5.74, 6) is 7.08. The van der Waals surface area contributed by atoms with E-state index < -0.39 is 0 Å². The number of hydrogen-bond acceptors (Lipinski definition) is 2. The van der Waals surface area contributed by atoms with E-state index >= 15 is 0 Å². The average Bonchev–Trinajstić information content (AvgIpc) is 2.36. The molecule has 3 unspecified atom stereocenters. The van der Waals surface area contributed by atoms with Gasteiger partial charge < -0.3 is 0 Å². The Kier molecular flexibility index (Phi) is 3.11. The van der Waals surface area contributed by atoms with E-state index in [9.17, 15) is 0 Å². The summed E-state index contributed by atoms with van der Waals surface area (Å²) < 4.78 is 0. The molecule has 0 radical (unpaired) electrons. The Morgan fingerprint density at radius 2 is 1.81 bits per heavy atom. The maximum absolute atomic E-state index is 6.12. The van der Waals surface area contributed by atoms with E-state index in [0.29, 0.717) is 22.3 Å². The maximum Gasteiger partial charge on any atom is 0.0476 e. The minimum Gasteiger partial charge on any atom is -0.271 e. The van der Waals surface area contributed by atoms with Crippen LogP contribution in [0, 0.1) is 22.2 Å². The Labute approximate surface area is 129 Å². The van der Waals surface area contributed by atoms with Crippen molar-refractivity contribution in [1.29, 1.82) is 0 Å². The Morgan fingerprint density at radius 3 is 2.33 bits per heavy atom. The molecule has 3 atom stereocenters. The van der Waals surface area contributed by atoms with Gasteiger partial charge in [-0.2, -0.15) is 0 Å². The van der Waals surface area contributed by atoms with Crippen molar-refractivity contribution >= 4 is 0 Å². The van der Waals surface area contributed by atoms with Crippen LogP contribution in [0.4, 0.5) is 0 Å². The zero-order valence-electron chi connectivity index (χ0n) is 13.9. The normalized spacial score (nSPS) is 50.0. The van der Waals surface area contributed by atoms with Crippen molar-refractivity contribution in [3.05, 3.63) is 11.6 Å². The van der Waals surface area contributed by atoms with Crippen LogP contribution in [0.2, 0.25) is 0 Å². The van der Waals surface area contributed by atoms with E-state index in [-0.39, 0.29) is 0 Å². The van der Waals surface area contributed by atoms with E-state index in [1.807, 2.05) is 0 Å². The summed E-state index contributed by atoms with van der Waals surface area (Å²) in [6.07, 6.45) is 16.4. The van der Waals surface area contributed by atoms with Crippen LogP contribution >= 0.6 is 0 Å². The quantitative estimate of drug-likeness (QED) is 0.461. The molecule has 4 bridgehead atoms. The lowest BCUT2D eigenvalue weighted by atomic mass is 9.38. The molecule has 21 heavy (non-hydrogen) atoms. The maximum atomic E-state index is 6.12. The first-order chi connectivity index (χ1) is 9.96. The van der Waals surface area contributed by atoms with Crippen LogP contribution in [0.3, 0.4) is 0 Å². The molecule has 3 N–H and O–H groups in total. The fourth-order valence-electron chi connectivity index (χ4n) is 7.66. The number of rotatable bonds is 3. The van der Waals surface area contributed by atoms with Crippen LogP contribution in [0.1, 0.15) is 78.1 Å². The lowest BCUT2D eigenvalue weighted by molar-refractivity contribution is -0.153. The number of nitrogens with one attached hydrogen (secondary N) is 1. The minimum absolute atomic E-state index is 0.444. The van der Waals surface area contributed by atoms with Gasteiger partial charge in [0.25, 0.3) is 0 Å². The molecule has 0 aromatic heterocycles. The molecule has 0 aliphatic heterocycles. The van der Waals surface area contributed by atoms with Crippen LogP contribution in [0.5, 0.6) is 0 Å². The topological polar surface area (TPSA) is 38.0 Å². The smallest absolute Gasteiger partial charge is 0.0476 e. The molecule has 5 rings (SSSR count). The first kappa shape index (κ1) is 14.3. The summed E-state index contributed by atoms with van der Waals surface area (Å²) in [6.45, 7) is 5.13. The molecule has 2 heteroatoms. The molecule has 118 valence electrons. The minimum atomic E-state index is 0.444. The van der Waals surface area contributed by atoms with Crippen molar-refractivity contribution in [2.75, 3.05) is 0 Å². The van der Waals surface area contributed by atoms with Crippen LogP contribution in [0.25, 0.3) is 0 Å².